The molecule has 0 bridgehead atoms. The molecule has 4 aromatic rings. The van der Waals surface area contributed by atoms with Gasteiger partial charge in [-0.25, -0.2) is 58.3 Å². The monoisotopic (exact) mass is 1240 g/mol. The highest BCUT2D eigenvalue weighted by Crippen LogP contribution is 2.23. The molecular formula is C61H76O20Si4. The summed E-state index contributed by atoms with van der Waals surface area (Å²) < 4.78 is 20.9. The molecule has 0 amide bonds. The van der Waals surface area contributed by atoms with E-state index in [0.29, 0.717) is 0 Å². The summed E-state index contributed by atoms with van der Waals surface area (Å²) in [5, 5.41) is 9.61. The van der Waals surface area contributed by atoms with Crippen LogP contribution < -0.4 is 20.7 Å². The third-order valence-corrected chi connectivity index (χ3v) is 21.5. The summed E-state index contributed by atoms with van der Waals surface area (Å²) in [6.07, 6.45) is 9.26. The minimum atomic E-state index is -2.25. The van der Waals surface area contributed by atoms with Crippen molar-refractivity contribution in [3.8, 4) is 0 Å². The van der Waals surface area contributed by atoms with Gasteiger partial charge in [-0.2, -0.15) is 19.2 Å². The fraction of sp³-hybridized carbons (Fsp3) is 0.344. The maximum atomic E-state index is 13.1. The van der Waals surface area contributed by atoms with Crippen LogP contribution in [0.4, 0.5) is 19.2 Å². The second kappa shape index (κ2) is 37.8. The molecular weight excluding hydrogens is 1160 g/mol. The Kier molecular flexibility index (Phi) is 30.7. The van der Waals surface area contributed by atoms with Crippen LogP contribution in [-0.4, -0.2) is 113 Å². The van der Waals surface area contributed by atoms with E-state index in [4.69, 9.17) is 38.5 Å². The summed E-state index contributed by atoms with van der Waals surface area (Å²) in [7, 11) is -3.11. The summed E-state index contributed by atoms with van der Waals surface area (Å²) in [6, 6.07) is 26.2. The number of ether oxygens (including phenoxy) is 4. The summed E-state index contributed by atoms with van der Waals surface area (Å²) in [5.74, 6) is -4.31. The van der Waals surface area contributed by atoms with E-state index >= 15 is 0 Å². The fourth-order valence-corrected chi connectivity index (χ4v) is 15.0. The third-order valence-electron chi connectivity index (χ3n) is 13.0. The second-order valence-electron chi connectivity index (χ2n) is 19.5. The van der Waals surface area contributed by atoms with Crippen molar-refractivity contribution in [2.24, 2.45) is 5.41 Å². The first kappa shape index (κ1) is 69.2. The molecule has 0 aliphatic heterocycles. The average molecular weight is 1240 g/mol. The largest absolute Gasteiger partial charge is 0.549 e. The van der Waals surface area contributed by atoms with Gasteiger partial charge in [0.05, 0.1) is 60.3 Å². The Morgan fingerprint density at radius 2 is 0.494 bits per heavy atom. The maximum absolute atomic E-state index is 13.1. The minimum Gasteiger partial charge on any atom is -0.431 e. The first-order chi connectivity index (χ1) is 41.0. The van der Waals surface area contributed by atoms with Crippen molar-refractivity contribution in [1.29, 1.82) is 0 Å². The molecule has 0 radical (unpaired) electrons. The first-order valence-electron chi connectivity index (χ1n) is 28.3. The zero-order valence-corrected chi connectivity index (χ0v) is 55.2. The predicted molar refractivity (Wildman–Crippen MR) is 327 cm³/mol. The van der Waals surface area contributed by atoms with Gasteiger partial charge in [0.25, 0.3) is 0 Å². The fourth-order valence-electron chi connectivity index (χ4n) is 8.28. The minimum absolute atomic E-state index is 0.0301. The zero-order chi connectivity index (χ0) is 62.0. The molecule has 0 atom stereocenters. The standard InChI is InChI=1S/C61H76O20Si4/c1-9-17-45(13-5)82-49-29-21-41(22-30-49)53(62)74-78-57(66)70-37-61(38-71-58(67)79-75-54(63)42-23-31-50(32-24-42)83-46(14-6)18-10-2,39-72-59(68)80-76-55(64)43-25-33-51(34-26-43)84-47(15-7)19-11-3)40-73-60(69)81-77-56(65)44-27-35-52(36-28-44)85-48(16-8)20-12-4/h17-36H,9-16,37-40,82-85H2,1-8H3. The number of hydrogen-bond acceptors (Lipinski definition) is 20. The van der Waals surface area contributed by atoms with E-state index in [2.05, 4.69) is 99.2 Å². The van der Waals surface area contributed by atoms with Crippen molar-refractivity contribution < 1.29 is 96.4 Å². The number of hydrogen-bond donors (Lipinski definition) is 0. The summed E-state index contributed by atoms with van der Waals surface area (Å²) in [4.78, 5) is 142. The lowest BCUT2D eigenvalue weighted by atomic mass is 9.92. The highest BCUT2D eigenvalue weighted by molar-refractivity contribution is 6.62. The summed E-state index contributed by atoms with van der Waals surface area (Å²) >= 11 is 0. The van der Waals surface area contributed by atoms with Crippen molar-refractivity contribution in [1.82, 2.24) is 0 Å². The molecule has 0 unspecified atom stereocenters. The molecule has 20 nitrogen and oxygen atoms in total. The number of carbonyl (C=O) groups is 8. The van der Waals surface area contributed by atoms with Crippen LogP contribution in [0.5, 0.6) is 0 Å². The molecule has 0 heterocycles. The van der Waals surface area contributed by atoms with Crippen LogP contribution in [0.2, 0.25) is 0 Å². The van der Waals surface area contributed by atoms with Gasteiger partial charge in [0.1, 0.15) is 31.8 Å². The van der Waals surface area contributed by atoms with Gasteiger partial charge in [0.15, 0.2) is 0 Å². The van der Waals surface area contributed by atoms with E-state index in [-0.39, 0.29) is 22.3 Å². The SMILES string of the molecule is CCC=C(CC)[SiH2]c1ccc(C(=O)OOC(=O)OCC(COC(=O)OOC(=O)c2ccc([SiH2]C(=CCC)CC)cc2)(COC(=O)OOC(=O)c2ccc([SiH2]C(=CCC)CC)cc2)COC(=O)OOC(=O)c2ccc([SiH2]C(=CCC)CC)cc2)cc1. The molecule has 0 spiro atoms. The summed E-state index contributed by atoms with van der Waals surface area (Å²) in [5.41, 5.74) is -2.13. The average Bonchev–Trinajstić information content (AvgIpc) is 3.69. The van der Waals surface area contributed by atoms with Crippen molar-refractivity contribution in [2.45, 2.75) is 107 Å². The van der Waals surface area contributed by atoms with Crippen molar-refractivity contribution in [3.05, 3.63) is 164 Å². The number of allylic oxidation sites excluding steroid dienone is 8. The van der Waals surface area contributed by atoms with Crippen LogP contribution in [0, 0.1) is 5.41 Å². The lowest BCUT2D eigenvalue weighted by Crippen LogP contribution is -2.44. The van der Waals surface area contributed by atoms with Gasteiger partial charge in [0, 0.05) is 0 Å². The molecule has 456 valence electrons. The molecule has 0 N–H and O–H groups in total. The van der Waals surface area contributed by atoms with E-state index in [0.717, 1.165) is 72.1 Å². The topological polar surface area (TPSA) is 247 Å². The zero-order valence-electron chi connectivity index (χ0n) is 49.5. The first-order valence-corrected chi connectivity index (χ1v) is 33.9. The Morgan fingerprint density at radius 3 is 0.659 bits per heavy atom. The molecule has 0 aromatic heterocycles. The number of benzene rings is 4. The van der Waals surface area contributed by atoms with Gasteiger partial charge in [-0.1, -0.05) is 170 Å². The second-order valence-corrected chi connectivity index (χ2v) is 27.8. The molecule has 24 heteroatoms. The molecule has 0 saturated carbocycles. The van der Waals surface area contributed by atoms with Crippen molar-refractivity contribution in [3.63, 3.8) is 0 Å². The van der Waals surface area contributed by atoms with Crippen LogP contribution >= 0.6 is 0 Å². The molecule has 4 aromatic carbocycles. The van der Waals surface area contributed by atoms with E-state index < -0.39 is 118 Å². The van der Waals surface area contributed by atoms with E-state index in [1.54, 1.807) is 48.5 Å². The Hall–Kier alpha value is -8.33. The van der Waals surface area contributed by atoms with Crippen LogP contribution in [0.1, 0.15) is 148 Å². The lowest BCUT2D eigenvalue weighted by Gasteiger charge is -2.30. The van der Waals surface area contributed by atoms with Gasteiger partial charge >= 0.3 is 48.5 Å². The lowest BCUT2D eigenvalue weighted by molar-refractivity contribution is -0.223. The molecule has 85 heavy (non-hydrogen) atoms. The quantitative estimate of drug-likeness (QED) is 0.0174. The van der Waals surface area contributed by atoms with E-state index in [9.17, 15) is 38.4 Å². The van der Waals surface area contributed by atoms with E-state index in [1.807, 2.05) is 0 Å². The Morgan fingerprint density at radius 1 is 0.306 bits per heavy atom. The Balaban J connectivity index is 1.55. The van der Waals surface area contributed by atoms with E-state index in [1.165, 1.54) is 69.3 Å². The van der Waals surface area contributed by atoms with Gasteiger partial charge in [-0.05, 0) is 99.9 Å². The normalized spacial score (nSPS) is 12.9. The highest BCUT2D eigenvalue weighted by Gasteiger charge is 2.40. The van der Waals surface area contributed by atoms with Gasteiger partial charge in [0.2, 0.25) is 0 Å². The van der Waals surface area contributed by atoms with Crippen LogP contribution in [0.15, 0.2) is 142 Å². The molecule has 0 aliphatic carbocycles. The van der Waals surface area contributed by atoms with Crippen LogP contribution in [0.25, 0.3) is 0 Å². The van der Waals surface area contributed by atoms with Gasteiger partial charge < -0.3 is 18.9 Å². The number of rotatable bonds is 28. The van der Waals surface area contributed by atoms with Gasteiger partial charge in [-0.15, -0.1) is 0 Å². The molecule has 4 rings (SSSR count). The number of carbonyl (C=O) groups excluding carboxylic acids is 8. The van der Waals surface area contributed by atoms with Gasteiger partial charge in [-0.3, -0.25) is 0 Å². The molecule has 0 saturated heterocycles. The van der Waals surface area contributed by atoms with Crippen LogP contribution in [-0.2, 0) is 58.0 Å². The molecule has 0 aliphatic rings. The Bertz CT molecular complexity index is 2570. The predicted octanol–water partition coefficient (Wildman–Crippen LogP) is 7.67. The van der Waals surface area contributed by atoms with Crippen molar-refractivity contribution >= 4 is 107 Å². The smallest absolute Gasteiger partial charge is 0.431 e. The van der Waals surface area contributed by atoms with Crippen LogP contribution in [0.3, 0.4) is 0 Å². The Labute approximate surface area is 504 Å². The highest BCUT2D eigenvalue weighted by atomic mass is 28.2. The third kappa shape index (κ3) is 25.2. The maximum Gasteiger partial charge on any atom is 0.549 e. The van der Waals surface area contributed by atoms with Crippen molar-refractivity contribution in [2.75, 3.05) is 26.4 Å². The molecule has 0 fully saturated rings. The summed E-state index contributed by atoms with van der Waals surface area (Å²) in [6.45, 7) is 12.2.